The lowest BCUT2D eigenvalue weighted by atomic mass is 9.77. The van der Waals surface area contributed by atoms with Gasteiger partial charge in [0.1, 0.15) is 11.5 Å². The number of benzene rings is 6. The first-order valence-electron chi connectivity index (χ1n) is 18.6. The van der Waals surface area contributed by atoms with Gasteiger partial charge in [-0.1, -0.05) is 72.8 Å². The van der Waals surface area contributed by atoms with Crippen molar-refractivity contribution in [3.05, 3.63) is 174 Å². The highest BCUT2D eigenvalue weighted by Crippen LogP contribution is 2.68. The maximum atomic E-state index is 12.3. The largest absolute Gasteiger partial charge is 0.507 e. The lowest BCUT2D eigenvalue weighted by Crippen LogP contribution is -2.11. The summed E-state index contributed by atoms with van der Waals surface area (Å²) in [6, 6.07) is 33.4. The molecule has 0 saturated heterocycles. The van der Waals surface area contributed by atoms with E-state index < -0.39 is 0 Å². The third kappa shape index (κ3) is 2.62. The van der Waals surface area contributed by atoms with E-state index in [4.69, 9.17) is 4.74 Å². The van der Waals surface area contributed by atoms with E-state index in [-0.39, 0.29) is 11.8 Å². The fourth-order valence-electron chi connectivity index (χ4n) is 13.4. The molecule has 49 heavy (non-hydrogen) atoms. The number of hydrogen-bond acceptors (Lipinski definition) is 2. The predicted molar refractivity (Wildman–Crippen MR) is 191 cm³/mol. The summed E-state index contributed by atoms with van der Waals surface area (Å²) in [7, 11) is 1.85. The van der Waals surface area contributed by atoms with Gasteiger partial charge in [-0.25, -0.2) is 0 Å². The Morgan fingerprint density at radius 1 is 0.408 bits per heavy atom. The second-order valence-corrected chi connectivity index (χ2v) is 16.6. The molecule has 8 aliphatic carbocycles. The van der Waals surface area contributed by atoms with Crippen molar-refractivity contribution in [1.82, 2.24) is 0 Å². The minimum atomic E-state index is 0.235. The summed E-state index contributed by atoms with van der Waals surface area (Å²) in [6.45, 7) is 0. The van der Waals surface area contributed by atoms with E-state index >= 15 is 0 Å². The molecule has 0 radical (unpaired) electrons. The Morgan fingerprint density at radius 2 is 0.735 bits per heavy atom. The molecule has 234 valence electrons. The number of methoxy groups -OCH3 is 1. The van der Waals surface area contributed by atoms with Crippen LogP contribution in [0, 0.1) is 0 Å². The number of rotatable bonds is 1. The molecule has 0 unspecified atom stereocenters. The van der Waals surface area contributed by atoms with Crippen molar-refractivity contribution in [3.8, 4) is 11.5 Å². The molecule has 0 saturated carbocycles. The van der Waals surface area contributed by atoms with Gasteiger partial charge >= 0.3 is 0 Å². The summed E-state index contributed by atoms with van der Waals surface area (Å²) < 4.78 is 6.41. The molecule has 1 N–H and O–H groups in total. The van der Waals surface area contributed by atoms with E-state index in [1.54, 1.807) is 44.5 Å². The predicted octanol–water partition coefficient (Wildman–Crippen LogP) is 10.5. The maximum absolute atomic E-state index is 12.3. The van der Waals surface area contributed by atoms with Crippen LogP contribution in [-0.4, -0.2) is 12.2 Å². The van der Waals surface area contributed by atoms with Crippen LogP contribution >= 0.6 is 0 Å². The van der Waals surface area contributed by atoms with Crippen LogP contribution < -0.4 is 4.74 Å². The van der Waals surface area contributed by atoms with Gasteiger partial charge in [0, 0.05) is 69.2 Å². The molecule has 2 nitrogen and oxygen atoms in total. The van der Waals surface area contributed by atoms with Gasteiger partial charge in [0.05, 0.1) is 7.11 Å². The molecule has 8 aliphatic rings. The van der Waals surface area contributed by atoms with Crippen LogP contribution in [-0.2, 0) is 0 Å². The number of hydrogen-bond donors (Lipinski definition) is 1. The Kier molecular flexibility index (Phi) is 4.10. The van der Waals surface area contributed by atoms with Crippen LogP contribution in [0.1, 0.15) is 162 Å². The minimum absolute atomic E-state index is 0.235. The summed E-state index contributed by atoms with van der Waals surface area (Å²) in [4.78, 5) is 0. The zero-order valence-corrected chi connectivity index (χ0v) is 27.4. The number of phenols is 1. The van der Waals surface area contributed by atoms with E-state index in [9.17, 15) is 5.11 Å². The topological polar surface area (TPSA) is 29.5 Å². The highest BCUT2D eigenvalue weighted by Gasteiger charge is 2.51. The van der Waals surface area contributed by atoms with Crippen LogP contribution in [0.5, 0.6) is 11.5 Å². The Morgan fingerprint density at radius 3 is 1.16 bits per heavy atom. The molecule has 0 fully saturated rings. The monoisotopic (exact) mass is 630 g/mol. The van der Waals surface area contributed by atoms with E-state index in [1.165, 1.54) is 51.8 Å². The first-order chi connectivity index (χ1) is 24.2. The molecule has 8 bridgehead atoms. The number of phenolic OH excluding ortho intramolecular Hbond substituents is 1. The third-order valence-electron chi connectivity index (χ3n) is 15.1. The van der Waals surface area contributed by atoms with Gasteiger partial charge in [-0.15, -0.1) is 0 Å². The molecule has 6 aromatic rings. The molecule has 0 spiro atoms. The Hall–Kier alpha value is -4.82. The molecule has 0 aromatic heterocycles. The van der Waals surface area contributed by atoms with Crippen LogP contribution in [0.2, 0.25) is 0 Å². The zero-order chi connectivity index (χ0) is 31.6. The summed E-state index contributed by atoms with van der Waals surface area (Å²) in [5, 5.41) is 14.4. The Labute approximate surface area is 285 Å². The van der Waals surface area contributed by atoms with Gasteiger partial charge in [-0.05, 0) is 116 Å². The van der Waals surface area contributed by atoms with Crippen molar-refractivity contribution >= 4 is 10.8 Å². The standard InChI is InChI=1S/C47H34O2/c1-49-47-43-18-37-35-14-34(32-12-28-24-10-25(29(28)13-33(32)35)21-7-3-2-6-20(21)24)36(37)17-42(43)46(48)44-40-19-41(45(44)47)39-16-31-27-11-26(30(31)15-38(39)40)22-8-4-5-9-23(22)27/h2-9,12-13,15-18,24-27,34-35,40-41,48H,10-11,14,19H2,1H3/t24-,25+,26+,27-,34-,35+,40+,41-/m1/s1. The number of fused-ring (bicyclic) bond motifs is 33. The second-order valence-electron chi connectivity index (χ2n) is 16.6. The SMILES string of the molecule is COc1c2c(c(O)c3cc4c(cc13)[C@H]1C[C@@H]4c3cc4c(cc31)[C@H]1C[C@@H]4c3ccccc31)[C@H]1C[C@@H]2c2cc3c(cc21)[C@H]1C[C@@H]3c2ccccc21. The fraction of sp³-hybridized carbons (Fsp3) is 0.277. The fourth-order valence-corrected chi connectivity index (χ4v) is 13.4. The molecular weight excluding hydrogens is 597 g/mol. The van der Waals surface area contributed by atoms with Crippen molar-refractivity contribution in [2.24, 2.45) is 0 Å². The normalized spacial score (nSPS) is 29.5. The van der Waals surface area contributed by atoms with Gasteiger partial charge in [-0.3, -0.25) is 0 Å². The second kappa shape index (κ2) is 7.97. The summed E-state index contributed by atoms with van der Waals surface area (Å²) in [5.41, 5.74) is 23.8. The molecule has 0 heterocycles. The molecule has 8 atom stereocenters. The molecule has 0 amide bonds. The van der Waals surface area contributed by atoms with Crippen molar-refractivity contribution in [3.63, 3.8) is 0 Å². The highest BCUT2D eigenvalue weighted by molar-refractivity contribution is 5.99. The van der Waals surface area contributed by atoms with Crippen molar-refractivity contribution in [1.29, 1.82) is 0 Å². The summed E-state index contributed by atoms with van der Waals surface area (Å²) >= 11 is 0. The van der Waals surface area contributed by atoms with Gasteiger partial charge in [-0.2, -0.15) is 0 Å². The molecule has 14 rings (SSSR count). The van der Waals surface area contributed by atoms with Gasteiger partial charge < -0.3 is 9.84 Å². The van der Waals surface area contributed by atoms with E-state index in [0.717, 1.165) is 34.9 Å². The molecular formula is C47H34O2. The van der Waals surface area contributed by atoms with Gasteiger partial charge in [0.25, 0.3) is 0 Å². The summed E-state index contributed by atoms with van der Waals surface area (Å²) in [5.74, 6) is 5.02. The highest BCUT2D eigenvalue weighted by atomic mass is 16.5. The van der Waals surface area contributed by atoms with Crippen molar-refractivity contribution in [2.75, 3.05) is 7.11 Å². The first kappa shape index (κ1) is 25.2. The first-order valence-corrected chi connectivity index (χ1v) is 18.6. The van der Waals surface area contributed by atoms with E-state index in [0.29, 0.717) is 41.3 Å². The van der Waals surface area contributed by atoms with Crippen LogP contribution in [0.4, 0.5) is 0 Å². The summed E-state index contributed by atoms with van der Waals surface area (Å²) in [6.07, 6.45) is 4.65. The number of aromatic hydroxyl groups is 1. The lowest BCUT2D eigenvalue weighted by Gasteiger charge is -2.29. The zero-order valence-electron chi connectivity index (χ0n) is 27.4. The molecule has 2 heteroatoms. The quantitative estimate of drug-likeness (QED) is 0.196. The van der Waals surface area contributed by atoms with Crippen LogP contribution in [0.3, 0.4) is 0 Å². The van der Waals surface area contributed by atoms with E-state index in [2.05, 4.69) is 84.9 Å². The van der Waals surface area contributed by atoms with E-state index in [1.807, 2.05) is 7.11 Å². The van der Waals surface area contributed by atoms with Crippen LogP contribution in [0.25, 0.3) is 10.8 Å². The third-order valence-corrected chi connectivity index (χ3v) is 15.1. The van der Waals surface area contributed by atoms with Crippen LogP contribution in [0.15, 0.2) is 84.9 Å². The Bertz CT molecular complexity index is 2630. The van der Waals surface area contributed by atoms with Crippen molar-refractivity contribution < 1.29 is 9.84 Å². The maximum Gasteiger partial charge on any atom is 0.131 e. The average Bonchev–Trinajstić information content (AvgIpc) is 4.01. The smallest absolute Gasteiger partial charge is 0.131 e. The van der Waals surface area contributed by atoms with Gasteiger partial charge in [0.2, 0.25) is 0 Å². The molecule has 0 aliphatic heterocycles. The number of ether oxygens (including phenoxy) is 1. The minimum Gasteiger partial charge on any atom is -0.507 e. The van der Waals surface area contributed by atoms with Crippen molar-refractivity contribution in [2.45, 2.75) is 73.0 Å². The molecule has 6 aromatic carbocycles. The Balaban J connectivity index is 0.921. The average molecular weight is 631 g/mol. The van der Waals surface area contributed by atoms with Gasteiger partial charge in [0.15, 0.2) is 0 Å². The lowest BCUT2D eigenvalue weighted by molar-refractivity contribution is 0.411.